The van der Waals surface area contributed by atoms with Gasteiger partial charge in [0.15, 0.2) is 0 Å². The molecule has 37 heavy (non-hydrogen) atoms. The van der Waals surface area contributed by atoms with Crippen LogP contribution in [-0.2, 0) is 27.5 Å². The highest BCUT2D eigenvalue weighted by Crippen LogP contribution is 2.59. The van der Waals surface area contributed by atoms with Crippen LogP contribution in [0.25, 0.3) is 11.3 Å². The maximum atomic E-state index is 13.4. The molecule has 2 aromatic heterocycles. The number of alkyl halides is 3. The number of aromatic nitrogens is 4. The number of nitrogens with one attached hydrogen (secondary N) is 1. The zero-order valence-electron chi connectivity index (χ0n) is 19.3. The molecular formula is C23H20F4N6O3S. The number of piperidine rings is 1. The van der Waals surface area contributed by atoms with Crippen LogP contribution in [0.2, 0.25) is 0 Å². The number of nitrogens with zero attached hydrogens (tertiary/aromatic N) is 5. The Morgan fingerprint density at radius 2 is 1.81 bits per heavy atom. The molecular weight excluding hydrogens is 516 g/mol. The van der Waals surface area contributed by atoms with E-state index >= 15 is 0 Å². The van der Waals surface area contributed by atoms with Crippen LogP contribution in [0.4, 0.5) is 17.6 Å². The molecule has 3 heterocycles. The lowest BCUT2D eigenvalue weighted by molar-refractivity contribution is -0.145. The van der Waals surface area contributed by atoms with E-state index in [1.807, 2.05) is 0 Å². The molecule has 1 aliphatic heterocycles. The number of sulfonamides is 1. The number of hydrogen-bond acceptors (Lipinski definition) is 7. The zero-order chi connectivity index (χ0) is 26.6. The molecule has 1 amide bonds. The summed E-state index contributed by atoms with van der Waals surface area (Å²) in [6.45, 7) is 1.72. The third-order valence-electron chi connectivity index (χ3n) is 6.72. The second kappa shape index (κ2) is 8.80. The van der Waals surface area contributed by atoms with Crippen molar-refractivity contribution in [1.29, 1.82) is 0 Å². The lowest BCUT2D eigenvalue weighted by Gasteiger charge is -2.30. The molecule has 0 bridgehead atoms. The number of halogens is 4. The van der Waals surface area contributed by atoms with Gasteiger partial charge in [0.05, 0.1) is 22.8 Å². The second-order valence-corrected chi connectivity index (χ2v) is 11.0. The van der Waals surface area contributed by atoms with Gasteiger partial charge >= 0.3 is 6.18 Å². The molecule has 1 unspecified atom stereocenters. The minimum absolute atomic E-state index is 0.0313. The number of hydrogen-bond donors (Lipinski definition) is 1. The molecule has 1 saturated carbocycles. The summed E-state index contributed by atoms with van der Waals surface area (Å²) in [4.78, 5) is 27.7. The van der Waals surface area contributed by atoms with E-state index in [-0.39, 0.29) is 28.6 Å². The fraction of sp³-hybridized carbons (Fsp3) is 0.348. The molecule has 1 aromatic carbocycles. The third kappa shape index (κ3) is 4.66. The number of fused-ring (bicyclic) bond motifs is 1. The average Bonchev–Trinajstić information content (AvgIpc) is 3.41. The van der Waals surface area contributed by atoms with Gasteiger partial charge in [0, 0.05) is 23.5 Å². The van der Waals surface area contributed by atoms with E-state index in [2.05, 4.69) is 25.3 Å². The summed E-state index contributed by atoms with van der Waals surface area (Å²) >= 11 is 0. The predicted molar refractivity (Wildman–Crippen MR) is 120 cm³/mol. The normalized spacial score (nSPS) is 23.5. The number of carbonyl (C=O) groups excluding carboxylic acids is 1. The van der Waals surface area contributed by atoms with Gasteiger partial charge in [0.25, 0.3) is 0 Å². The van der Waals surface area contributed by atoms with E-state index in [0.29, 0.717) is 18.5 Å². The molecule has 1 aliphatic carbocycles. The van der Waals surface area contributed by atoms with Gasteiger partial charge in [0.1, 0.15) is 18.2 Å². The SMILES string of the molecule is CC12C[C@H]1C[C@@H](C(=O)NCc1cc(-c3cnc(C(F)(F)F)nc3)ncn1)N2S(=O)(=O)c1ccc(F)cc1. The van der Waals surface area contributed by atoms with Gasteiger partial charge in [-0.25, -0.2) is 32.7 Å². The molecule has 0 spiro atoms. The number of amides is 1. The summed E-state index contributed by atoms with van der Waals surface area (Å²) in [6, 6.07) is 4.96. The molecule has 5 rings (SSSR count). The van der Waals surface area contributed by atoms with Crippen LogP contribution >= 0.6 is 0 Å². The van der Waals surface area contributed by atoms with E-state index in [1.165, 1.54) is 28.8 Å². The number of carbonyl (C=O) groups is 1. The van der Waals surface area contributed by atoms with Crippen LogP contribution in [0, 0.1) is 11.7 Å². The van der Waals surface area contributed by atoms with Gasteiger partial charge in [0.2, 0.25) is 21.8 Å². The average molecular weight is 537 g/mol. The summed E-state index contributed by atoms with van der Waals surface area (Å²) in [5.41, 5.74) is 0.131. The highest BCUT2D eigenvalue weighted by molar-refractivity contribution is 7.89. The van der Waals surface area contributed by atoms with Crippen molar-refractivity contribution in [3.63, 3.8) is 0 Å². The molecule has 9 nitrogen and oxygen atoms in total. The van der Waals surface area contributed by atoms with E-state index < -0.39 is 45.3 Å². The standard InChI is InChI=1S/C23H20F4N6O3S/c1-22-8-14(22)6-19(33(22)37(35,36)17-4-2-15(24)3-5-17)20(34)28-11-16-7-18(32-12-31-16)13-9-29-21(30-10-13)23(25,26)27/h2-5,7,9-10,12,14,19H,6,8,11H2,1H3,(H,28,34)/t14-,19+,22?/m1/s1. The predicted octanol–water partition coefficient (Wildman–Crippen LogP) is 2.95. The highest BCUT2D eigenvalue weighted by Gasteiger charge is 2.67. The topological polar surface area (TPSA) is 118 Å². The van der Waals surface area contributed by atoms with Crippen LogP contribution in [0.15, 0.2) is 53.9 Å². The minimum atomic E-state index is -4.67. The molecule has 194 valence electrons. The Labute approximate surface area is 209 Å². The Balaban J connectivity index is 1.31. The molecule has 3 atom stereocenters. The Morgan fingerprint density at radius 1 is 1.14 bits per heavy atom. The largest absolute Gasteiger partial charge is 0.451 e. The maximum absolute atomic E-state index is 13.4. The van der Waals surface area contributed by atoms with Crippen molar-refractivity contribution in [1.82, 2.24) is 29.6 Å². The zero-order valence-corrected chi connectivity index (χ0v) is 20.1. The van der Waals surface area contributed by atoms with E-state index in [0.717, 1.165) is 24.5 Å². The summed E-state index contributed by atoms with van der Waals surface area (Å²) in [5, 5.41) is 2.69. The highest BCUT2D eigenvalue weighted by atomic mass is 32.2. The van der Waals surface area contributed by atoms with Crippen LogP contribution in [0.1, 0.15) is 31.3 Å². The summed E-state index contributed by atoms with van der Waals surface area (Å²) in [5.74, 6) is -2.33. The van der Waals surface area contributed by atoms with Crippen LogP contribution in [-0.4, -0.2) is 50.1 Å². The first-order valence-electron chi connectivity index (χ1n) is 11.2. The molecule has 2 fully saturated rings. The van der Waals surface area contributed by atoms with E-state index in [1.54, 1.807) is 6.92 Å². The summed E-state index contributed by atoms with van der Waals surface area (Å²) in [6.07, 6.45) is -0.530. The lowest BCUT2D eigenvalue weighted by atomic mass is 10.1. The van der Waals surface area contributed by atoms with Gasteiger partial charge in [-0.2, -0.15) is 17.5 Å². The van der Waals surface area contributed by atoms with Gasteiger partial charge in [-0.05, 0) is 56.0 Å². The lowest BCUT2D eigenvalue weighted by Crippen LogP contribution is -2.50. The monoisotopic (exact) mass is 536 g/mol. The summed E-state index contributed by atoms with van der Waals surface area (Å²) < 4.78 is 79.5. The molecule has 2 aliphatic rings. The molecule has 3 aromatic rings. The third-order valence-corrected chi connectivity index (χ3v) is 8.77. The Morgan fingerprint density at radius 3 is 2.46 bits per heavy atom. The smallest absolute Gasteiger partial charge is 0.349 e. The Kier molecular flexibility index (Phi) is 5.98. The van der Waals surface area contributed by atoms with Crippen molar-refractivity contribution in [2.75, 3.05) is 0 Å². The maximum Gasteiger partial charge on any atom is 0.451 e. The first-order chi connectivity index (χ1) is 17.4. The Bertz CT molecular complexity index is 1450. The molecule has 14 heteroatoms. The molecule has 1 saturated heterocycles. The van der Waals surface area contributed by atoms with Gasteiger partial charge < -0.3 is 5.32 Å². The fourth-order valence-corrected chi connectivity index (χ4v) is 6.69. The second-order valence-electron chi connectivity index (χ2n) is 9.17. The van der Waals surface area contributed by atoms with Gasteiger partial charge in [-0.1, -0.05) is 0 Å². The van der Waals surface area contributed by atoms with Crippen LogP contribution in [0.3, 0.4) is 0 Å². The van der Waals surface area contributed by atoms with Crippen molar-refractivity contribution in [3.8, 4) is 11.3 Å². The fourth-order valence-electron chi connectivity index (χ4n) is 4.70. The van der Waals surface area contributed by atoms with Crippen molar-refractivity contribution in [2.24, 2.45) is 5.92 Å². The Hall–Kier alpha value is -3.52. The van der Waals surface area contributed by atoms with Crippen LogP contribution < -0.4 is 5.32 Å². The first-order valence-corrected chi connectivity index (χ1v) is 12.6. The number of rotatable bonds is 6. The van der Waals surface area contributed by atoms with Crippen molar-refractivity contribution >= 4 is 15.9 Å². The van der Waals surface area contributed by atoms with E-state index in [4.69, 9.17) is 0 Å². The first kappa shape index (κ1) is 25.1. The number of benzene rings is 1. The summed E-state index contributed by atoms with van der Waals surface area (Å²) in [7, 11) is -4.07. The molecule has 1 N–H and O–H groups in total. The van der Waals surface area contributed by atoms with Gasteiger partial charge in [-0.3, -0.25) is 4.79 Å². The minimum Gasteiger partial charge on any atom is -0.349 e. The van der Waals surface area contributed by atoms with Crippen molar-refractivity contribution in [3.05, 3.63) is 66.4 Å². The van der Waals surface area contributed by atoms with Gasteiger partial charge in [-0.15, -0.1) is 0 Å². The van der Waals surface area contributed by atoms with E-state index in [9.17, 15) is 30.8 Å². The van der Waals surface area contributed by atoms with Crippen LogP contribution in [0.5, 0.6) is 0 Å². The quantitative estimate of drug-likeness (QED) is 0.482. The van der Waals surface area contributed by atoms with Crippen molar-refractivity contribution < 1.29 is 30.8 Å². The van der Waals surface area contributed by atoms with Crippen molar-refractivity contribution in [2.45, 2.75) is 49.0 Å². The molecule has 0 radical (unpaired) electrons.